The molecule has 192 valence electrons. The Bertz CT molecular complexity index is 1290. The lowest BCUT2D eigenvalue weighted by atomic mass is 10.1. The highest BCUT2D eigenvalue weighted by Crippen LogP contribution is 2.33. The third kappa shape index (κ3) is 7.71. The molecule has 1 unspecified atom stereocenters. The standard InChI is InChI=1S/C27H29Cl2NO5S/c1-19-13-15-21(16-14-19)23(35-36(32,33)24-12-8-11-22(28)25(24)29)18-30(26(31)34-27(2,3)4)17-20-9-6-5-7-10-20/h5-16,23H,17-18H2,1-4H3. The Hall–Kier alpha value is -2.58. The van der Waals surface area contributed by atoms with E-state index in [4.69, 9.17) is 32.1 Å². The molecule has 0 fully saturated rings. The van der Waals surface area contributed by atoms with Gasteiger partial charge in [-0.3, -0.25) is 4.18 Å². The number of hydrogen-bond donors (Lipinski definition) is 0. The Labute approximate surface area is 222 Å². The van der Waals surface area contributed by atoms with Gasteiger partial charge in [0.25, 0.3) is 10.1 Å². The van der Waals surface area contributed by atoms with E-state index in [1.54, 1.807) is 32.9 Å². The van der Waals surface area contributed by atoms with Crippen molar-refractivity contribution >= 4 is 39.4 Å². The predicted octanol–water partition coefficient (Wildman–Crippen LogP) is 7.19. The van der Waals surface area contributed by atoms with E-state index >= 15 is 0 Å². The third-order valence-electron chi connectivity index (χ3n) is 5.13. The molecule has 1 amide bonds. The van der Waals surface area contributed by atoms with Crippen molar-refractivity contribution in [2.45, 2.75) is 50.8 Å². The monoisotopic (exact) mass is 549 g/mol. The highest BCUT2D eigenvalue weighted by atomic mass is 35.5. The zero-order valence-electron chi connectivity index (χ0n) is 20.6. The quantitative estimate of drug-likeness (QED) is 0.278. The lowest BCUT2D eigenvalue weighted by Gasteiger charge is -2.30. The van der Waals surface area contributed by atoms with Crippen molar-refractivity contribution in [3.05, 3.63) is 99.5 Å². The highest BCUT2D eigenvalue weighted by Gasteiger charge is 2.31. The van der Waals surface area contributed by atoms with Gasteiger partial charge in [0, 0.05) is 6.54 Å². The van der Waals surface area contributed by atoms with Crippen LogP contribution in [0.5, 0.6) is 0 Å². The minimum atomic E-state index is -4.35. The summed E-state index contributed by atoms with van der Waals surface area (Å²) in [6.07, 6.45) is -1.63. The molecule has 1 atom stereocenters. The van der Waals surface area contributed by atoms with E-state index in [1.807, 2.05) is 49.4 Å². The summed E-state index contributed by atoms with van der Waals surface area (Å²) in [4.78, 5) is 14.4. The van der Waals surface area contributed by atoms with E-state index in [0.717, 1.165) is 11.1 Å². The van der Waals surface area contributed by atoms with E-state index in [-0.39, 0.29) is 28.0 Å². The Morgan fingerprint density at radius 3 is 2.19 bits per heavy atom. The first-order chi connectivity index (χ1) is 16.9. The molecule has 0 bridgehead atoms. The number of benzene rings is 3. The minimum absolute atomic E-state index is 0.0905. The van der Waals surface area contributed by atoms with Crippen LogP contribution >= 0.6 is 23.2 Å². The van der Waals surface area contributed by atoms with Gasteiger partial charge in [0.1, 0.15) is 16.6 Å². The maximum absolute atomic E-state index is 13.3. The Morgan fingerprint density at radius 1 is 0.944 bits per heavy atom. The van der Waals surface area contributed by atoms with Crippen molar-refractivity contribution in [2.75, 3.05) is 6.54 Å². The first-order valence-corrected chi connectivity index (χ1v) is 13.5. The maximum atomic E-state index is 13.3. The number of rotatable bonds is 8. The molecule has 9 heteroatoms. The van der Waals surface area contributed by atoms with E-state index < -0.39 is 27.9 Å². The summed E-state index contributed by atoms with van der Waals surface area (Å²) in [5, 5.41) is -0.0391. The van der Waals surface area contributed by atoms with Gasteiger partial charge >= 0.3 is 6.09 Å². The van der Waals surface area contributed by atoms with Gasteiger partial charge < -0.3 is 9.64 Å². The number of nitrogens with zero attached hydrogens (tertiary/aromatic N) is 1. The molecular formula is C27H29Cl2NO5S. The molecule has 6 nitrogen and oxygen atoms in total. The normalized spacial score (nSPS) is 12.7. The number of hydrogen-bond acceptors (Lipinski definition) is 5. The van der Waals surface area contributed by atoms with Crippen LogP contribution < -0.4 is 0 Å². The fourth-order valence-corrected chi connectivity index (χ4v) is 5.18. The summed E-state index contributed by atoms with van der Waals surface area (Å²) in [6.45, 7) is 7.33. The number of carbonyl (C=O) groups excluding carboxylic acids is 1. The number of carbonyl (C=O) groups is 1. The van der Waals surface area contributed by atoms with Gasteiger partial charge in [-0.05, 0) is 51.0 Å². The van der Waals surface area contributed by atoms with Gasteiger partial charge in [0.15, 0.2) is 0 Å². The first-order valence-electron chi connectivity index (χ1n) is 11.3. The molecule has 36 heavy (non-hydrogen) atoms. The largest absolute Gasteiger partial charge is 0.444 e. The van der Waals surface area contributed by atoms with Crippen LogP contribution in [0.25, 0.3) is 0 Å². The van der Waals surface area contributed by atoms with E-state index in [9.17, 15) is 13.2 Å². The molecule has 0 aliphatic heterocycles. The van der Waals surface area contributed by atoms with Crippen molar-refractivity contribution in [3.63, 3.8) is 0 Å². The third-order valence-corrected chi connectivity index (χ3v) is 7.43. The number of halogens is 2. The topological polar surface area (TPSA) is 72.9 Å². The van der Waals surface area contributed by atoms with Crippen LogP contribution in [0.15, 0.2) is 77.7 Å². The molecule has 0 aliphatic carbocycles. The second-order valence-corrected chi connectivity index (χ2v) is 11.7. The van der Waals surface area contributed by atoms with Crippen LogP contribution in [0, 0.1) is 6.92 Å². The Kier molecular flexibility index (Phi) is 9.06. The molecule has 0 saturated carbocycles. The predicted molar refractivity (Wildman–Crippen MR) is 142 cm³/mol. The lowest BCUT2D eigenvalue weighted by molar-refractivity contribution is 0.0151. The van der Waals surface area contributed by atoms with Crippen LogP contribution in [0.3, 0.4) is 0 Å². The number of amides is 1. The van der Waals surface area contributed by atoms with Crippen LogP contribution in [-0.4, -0.2) is 31.6 Å². The summed E-state index contributed by atoms with van der Waals surface area (Å²) in [5.41, 5.74) is 1.68. The molecule has 3 aromatic rings. The maximum Gasteiger partial charge on any atom is 0.410 e. The van der Waals surface area contributed by atoms with Crippen molar-refractivity contribution in [2.24, 2.45) is 0 Å². The van der Waals surface area contributed by atoms with Crippen LogP contribution in [0.4, 0.5) is 4.79 Å². The zero-order valence-corrected chi connectivity index (χ0v) is 22.9. The molecular weight excluding hydrogens is 521 g/mol. The van der Waals surface area contributed by atoms with Gasteiger partial charge in [-0.1, -0.05) is 89.4 Å². The van der Waals surface area contributed by atoms with Crippen LogP contribution in [-0.2, 0) is 25.6 Å². The summed E-state index contributed by atoms with van der Waals surface area (Å²) >= 11 is 12.2. The molecule has 0 radical (unpaired) electrons. The number of ether oxygens (including phenoxy) is 1. The highest BCUT2D eigenvalue weighted by molar-refractivity contribution is 7.87. The Morgan fingerprint density at radius 2 is 1.58 bits per heavy atom. The smallest absolute Gasteiger partial charge is 0.410 e. The SMILES string of the molecule is Cc1ccc(C(CN(Cc2ccccc2)C(=O)OC(C)(C)C)OS(=O)(=O)c2cccc(Cl)c2Cl)cc1. The number of aryl methyl sites for hydroxylation is 1. The van der Waals surface area contributed by atoms with Crippen molar-refractivity contribution in [1.29, 1.82) is 0 Å². The average molecular weight is 551 g/mol. The molecule has 0 spiro atoms. The fraction of sp³-hybridized carbons (Fsp3) is 0.296. The second kappa shape index (κ2) is 11.6. The van der Waals surface area contributed by atoms with Gasteiger partial charge in [0.05, 0.1) is 16.6 Å². The van der Waals surface area contributed by atoms with E-state index in [1.165, 1.54) is 23.1 Å². The van der Waals surface area contributed by atoms with Gasteiger partial charge in [0.2, 0.25) is 0 Å². The molecule has 0 aromatic heterocycles. The molecule has 0 aliphatic rings. The molecule has 3 rings (SSSR count). The van der Waals surface area contributed by atoms with Gasteiger partial charge in [-0.15, -0.1) is 0 Å². The second-order valence-electron chi connectivity index (χ2n) is 9.35. The fourth-order valence-electron chi connectivity index (χ4n) is 3.39. The van der Waals surface area contributed by atoms with E-state index in [0.29, 0.717) is 5.56 Å². The summed E-state index contributed by atoms with van der Waals surface area (Å²) in [5.74, 6) is 0. The van der Waals surface area contributed by atoms with E-state index in [2.05, 4.69) is 0 Å². The minimum Gasteiger partial charge on any atom is -0.444 e. The molecule has 0 heterocycles. The summed E-state index contributed by atoms with van der Waals surface area (Å²) < 4.78 is 37.9. The molecule has 3 aromatic carbocycles. The molecule has 0 N–H and O–H groups in total. The molecule has 0 saturated heterocycles. The van der Waals surface area contributed by atoms with Crippen LogP contribution in [0.2, 0.25) is 10.0 Å². The Balaban J connectivity index is 2.00. The van der Waals surface area contributed by atoms with Crippen LogP contribution in [0.1, 0.15) is 43.6 Å². The first kappa shape index (κ1) is 28.0. The van der Waals surface area contributed by atoms with Crippen molar-refractivity contribution < 1.29 is 22.1 Å². The van der Waals surface area contributed by atoms with Crippen molar-refractivity contribution in [3.8, 4) is 0 Å². The van der Waals surface area contributed by atoms with Crippen molar-refractivity contribution in [1.82, 2.24) is 4.90 Å². The summed E-state index contributed by atoms with van der Waals surface area (Å²) in [6, 6.07) is 20.9. The lowest BCUT2D eigenvalue weighted by Crippen LogP contribution is -2.39. The zero-order chi connectivity index (χ0) is 26.5. The summed E-state index contributed by atoms with van der Waals surface area (Å²) in [7, 11) is -4.35. The van der Waals surface area contributed by atoms with Gasteiger partial charge in [-0.25, -0.2) is 4.79 Å². The van der Waals surface area contributed by atoms with Gasteiger partial charge in [-0.2, -0.15) is 8.42 Å². The average Bonchev–Trinajstić information content (AvgIpc) is 2.79.